The van der Waals surface area contributed by atoms with Gasteiger partial charge in [0.1, 0.15) is 11.6 Å². The highest BCUT2D eigenvalue weighted by Crippen LogP contribution is 2.41. The minimum absolute atomic E-state index is 0.0453. The molecule has 1 unspecified atom stereocenters. The highest BCUT2D eigenvalue weighted by molar-refractivity contribution is 6.32. The van der Waals surface area contributed by atoms with Crippen LogP contribution in [-0.4, -0.2) is 32.2 Å². The lowest BCUT2D eigenvalue weighted by molar-refractivity contribution is -0.115. The first-order valence-corrected chi connectivity index (χ1v) is 11.6. The number of halogens is 2. The van der Waals surface area contributed by atoms with E-state index in [4.69, 9.17) is 28.9 Å². The molecule has 1 fully saturated rings. The molecule has 168 valence electrons. The minimum atomic E-state index is -0.0453. The van der Waals surface area contributed by atoms with Gasteiger partial charge in [-0.3, -0.25) is 4.79 Å². The van der Waals surface area contributed by atoms with Crippen molar-refractivity contribution in [3.63, 3.8) is 0 Å². The van der Waals surface area contributed by atoms with E-state index in [2.05, 4.69) is 25.9 Å². The van der Waals surface area contributed by atoms with E-state index in [1.165, 1.54) is 0 Å². The summed E-state index contributed by atoms with van der Waals surface area (Å²) < 4.78 is 0. The number of ketones is 1. The molecule has 3 N–H and O–H groups in total. The molecule has 5 rings (SSSR count). The zero-order valence-corrected chi connectivity index (χ0v) is 19.6. The summed E-state index contributed by atoms with van der Waals surface area (Å²) in [5.41, 5.74) is 11.5. The summed E-state index contributed by atoms with van der Waals surface area (Å²) in [5, 5.41) is 1.05. The maximum atomic E-state index is 13.0. The number of hydrogen-bond donors (Lipinski definition) is 2. The number of aromatic amines is 1. The third-order valence-corrected chi connectivity index (χ3v) is 6.76. The lowest BCUT2D eigenvalue weighted by atomic mass is 9.95. The molecule has 2 aliphatic heterocycles. The van der Waals surface area contributed by atoms with E-state index >= 15 is 0 Å². The lowest BCUT2D eigenvalue weighted by Crippen LogP contribution is -2.29. The summed E-state index contributed by atoms with van der Waals surface area (Å²) in [6.45, 7) is 2.33. The molecule has 0 bridgehead atoms. The molecule has 0 saturated carbocycles. The fourth-order valence-electron chi connectivity index (χ4n) is 4.59. The minimum Gasteiger partial charge on any atom is -0.384 e. The number of carbonyl (C=O) groups is 1. The van der Waals surface area contributed by atoms with Crippen LogP contribution in [0.15, 0.2) is 54.4 Å². The van der Waals surface area contributed by atoms with Crippen LogP contribution in [0.5, 0.6) is 0 Å². The van der Waals surface area contributed by atoms with Gasteiger partial charge in [-0.05, 0) is 73.2 Å². The van der Waals surface area contributed by atoms with Crippen molar-refractivity contribution in [2.75, 3.05) is 12.3 Å². The van der Waals surface area contributed by atoms with E-state index in [0.717, 1.165) is 46.6 Å². The van der Waals surface area contributed by atoms with Crippen molar-refractivity contribution in [2.45, 2.75) is 32.2 Å². The number of carbonyl (C=O) groups excluding carboxylic acids is 1. The maximum Gasteiger partial charge on any atom is 0.175 e. The van der Waals surface area contributed by atoms with Crippen LogP contribution in [0.1, 0.15) is 42.3 Å². The average molecular weight is 480 g/mol. The van der Waals surface area contributed by atoms with Crippen molar-refractivity contribution in [1.82, 2.24) is 19.9 Å². The Morgan fingerprint density at radius 2 is 2.06 bits per heavy atom. The Labute approximate surface area is 202 Å². The van der Waals surface area contributed by atoms with E-state index in [0.29, 0.717) is 28.1 Å². The largest absolute Gasteiger partial charge is 0.384 e. The number of aromatic nitrogens is 3. The first kappa shape index (κ1) is 21.7. The molecule has 6 nitrogen and oxygen atoms in total. The number of nitrogens with one attached hydrogen (secondary N) is 1. The molecule has 1 saturated heterocycles. The van der Waals surface area contributed by atoms with Crippen molar-refractivity contribution >= 4 is 40.4 Å². The molecule has 1 atom stereocenters. The average Bonchev–Trinajstić information content (AvgIpc) is 3.35. The Morgan fingerprint density at radius 3 is 2.85 bits per heavy atom. The second-order valence-electron chi connectivity index (χ2n) is 8.44. The molecule has 33 heavy (non-hydrogen) atoms. The normalized spacial score (nSPS) is 21.6. The Morgan fingerprint density at radius 1 is 1.21 bits per heavy atom. The summed E-state index contributed by atoms with van der Waals surface area (Å²) in [5.74, 6) is 1.25. The number of fused-ring (bicyclic) bond motifs is 1. The highest BCUT2D eigenvalue weighted by Gasteiger charge is 2.34. The number of nitrogen functional groups attached to an aromatic ring is 1. The second kappa shape index (κ2) is 8.69. The summed E-state index contributed by atoms with van der Waals surface area (Å²) in [6.07, 6.45) is 8.04. The third kappa shape index (κ3) is 4.28. The van der Waals surface area contributed by atoms with Crippen LogP contribution in [0, 0.1) is 6.92 Å². The van der Waals surface area contributed by atoms with Crippen LogP contribution >= 0.6 is 23.2 Å². The van der Waals surface area contributed by atoms with Gasteiger partial charge in [-0.1, -0.05) is 35.3 Å². The van der Waals surface area contributed by atoms with Gasteiger partial charge in [0.15, 0.2) is 10.9 Å². The van der Waals surface area contributed by atoms with Gasteiger partial charge in [0.2, 0.25) is 0 Å². The van der Waals surface area contributed by atoms with Crippen LogP contribution in [0.2, 0.25) is 10.2 Å². The highest BCUT2D eigenvalue weighted by atomic mass is 35.5. The lowest BCUT2D eigenvalue weighted by Gasteiger charge is -2.27. The molecule has 4 heterocycles. The molecule has 0 spiro atoms. The zero-order valence-electron chi connectivity index (χ0n) is 18.1. The molecule has 2 aliphatic rings. The van der Waals surface area contributed by atoms with Crippen molar-refractivity contribution in [1.29, 1.82) is 0 Å². The summed E-state index contributed by atoms with van der Waals surface area (Å²) in [4.78, 5) is 27.2. The van der Waals surface area contributed by atoms with Crippen LogP contribution in [0.3, 0.4) is 0 Å². The standard InChI is InChI=1S/C25H23Cl2N5O/c1-14-2-5-17(26)11-20(14)15-3-6-18-7-8-21(32(18)13-19(33)10-15)25-30-23(24(27)31-25)16-4-9-22(28)29-12-16/h2,4-6,9-12,21H,3,7-8,13H2,1H3,(H2,28,29)(H,30,31)/b15-10+,18-6-. The van der Waals surface area contributed by atoms with Crippen molar-refractivity contribution in [3.05, 3.63) is 81.5 Å². The number of anilines is 1. The number of pyridine rings is 1. The fraction of sp³-hybridized carbons (Fsp3) is 0.240. The summed E-state index contributed by atoms with van der Waals surface area (Å²) in [6, 6.07) is 9.33. The first-order chi connectivity index (χ1) is 15.9. The monoisotopic (exact) mass is 479 g/mol. The summed E-state index contributed by atoms with van der Waals surface area (Å²) >= 11 is 12.7. The van der Waals surface area contributed by atoms with Gasteiger partial charge in [-0.15, -0.1) is 0 Å². The maximum absolute atomic E-state index is 13.0. The molecule has 0 aliphatic carbocycles. The molecular formula is C25H23Cl2N5O. The number of rotatable bonds is 3. The van der Waals surface area contributed by atoms with E-state index in [1.54, 1.807) is 18.3 Å². The molecule has 3 aromatic rings. The van der Waals surface area contributed by atoms with E-state index in [1.807, 2.05) is 31.2 Å². The third-order valence-electron chi connectivity index (χ3n) is 6.25. The number of nitrogens with zero attached hydrogens (tertiary/aromatic N) is 3. The Bertz CT molecular complexity index is 1290. The van der Waals surface area contributed by atoms with Crippen LogP contribution < -0.4 is 5.73 Å². The number of benzene rings is 1. The number of nitrogens with two attached hydrogens (primary N) is 1. The molecule has 8 heteroatoms. The van der Waals surface area contributed by atoms with Crippen LogP contribution in [-0.2, 0) is 4.79 Å². The van der Waals surface area contributed by atoms with Gasteiger partial charge < -0.3 is 15.6 Å². The van der Waals surface area contributed by atoms with Gasteiger partial charge in [0.05, 0.1) is 18.3 Å². The molecule has 1 aromatic carbocycles. The molecule has 0 amide bonds. The number of H-pyrrole nitrogens is 1. The van der Waals surface area contributed by atoms with Gasteiger partial charge in [-0.25, -0.2) is 9.97 Å². The predicted molar refractivity (Wildman–Crippen MR) is 132 cm³/mol. The zero-order chi connectivity index (χ0) is 23.1. The van der Waals surface area contributed by atoms with Crippen LogP contribution in [0.4, 0.5) is 5.82 Å². The number of imidazole rings is 1. The fourth-order valence-corrected chi connectivity index (χ4v) is 5.01. The smallest absolute Gasteiger partial charge is 0.175 e. The first-order valence-electron chi connectivity index (χ1n) is 10.8. The van der Waals surface area contributed by atoms with E-state index in [-0.39, 0.29) is 18.4 Å². The van der Waals surface area contributed by atoms with Crippen molar-refractivity contribution < 1.29 is 4.79 Å². The number of allylic oxidation sites excluding steroid dienone is 3. The Kier molecular flexibility index (Phi) is 5.72. The van der Waals surface area contributed by atoms with E-state index < -0.39 is 0 Å². The second-order valence-corrected chi connectivity index (χ2v) is 9.23. The van der Waals surface area contributed by atoms with Crippen molar-refractivity contribution in [2.24, 2.45) is 0 Å². The Hall–Kier alpha value is -3.09. The number of aryl methyl sites for hydroxylation is 1. The summed E-state index contributed by atoms with van der Waals surface area (Å²) in [7, 11) is 0. The topological polar surface area (TPSA) is 87.9 Å². The Balaban J connectivity index is 1.43. The van der Waals surface area contributed by atoms with Gasteiger partial charge in [-0.2, -0.15) is 0 Å². The predicted octanol–water partition coefficient (Wildman–Crippen LogP) is 5.75. The van der Waals surface area contributed by atoms with E-state index in [9.17, 15) is 4.79 Å². The molecular weight excluding hydrogens is 457 g/mol. The van der Waals surface area contributed by atoms with Crippen LogP contribution in [0.25, 0.3) is 16.8 Å². The molecule has 0 radical (unpaired) electrons. The van der Waals surface area contributed by atoms with Gasteiger partial charge in [0, 0.05) is 22.5 Å². The SMILES string of the molecule is Cc1ccc(Cl)cc1/C1=C/C(=O)CN2/C(=C\C1)CCC2c1nc(Cl)c(-c2ccc(N)nc2)[nH]1. The van der Waals surface area contributed by atoms with Gasteiger partial charge in [0.25, 0.3) is 0 Å². The number of hydrogen-bond acceptors (Lipinski definition) is 5. The molecule has 2 aromatic heterocycles. The van der Waals surface area contributed by atoms with Crippen molar-refractivity contribution in [3.8, 4) is 11.3 Å². The van der Waals surface area contributed by atoms with Gasteiger partial charge >= 0.3 is 0 Å². The quantitative estimate of drug-likeness (QED) is 0.499.